The molecule has 1 aromatic heterocycles. The summed E-state index contributed by atoms with van der Waals surface area (Å²) >= 11 is 0. The van der Waals surface area contributed by atoms with E-state index in [1.54, 1.807) is 6.07 Å². The van der Waals surface area contributed by atoms with Crippen LogP contribution in [0.4, 0.5) is 4.39 Å². The van der Waals surface area contributed by atoms with Gasteiger partial charge in [0.2, 0.25) is 0 Å². The quantitative estimate of drug-likeness (QED) is 0.751. The van der Waals surface area contributed by atoms with Crippen LogP contribution in [0.15, 0.2) is 18.2 Å². The molecule has 0 saturated heterocycles. The van der Waals surface area contributed by atoms with Gasteiger partial charge in [0, 0.05) is 11.4 Å². The van der Waals surface area contributed by atoms with Gasteiger partial charge in [-0.1, -0.05) is 13.8 Å². The van der Waals surface area contributed by atoms with E-state index in [0.29, 0.717) is 5.92 Å². The van der Waals surface area contributed by atoms with Crippen LogP contribution in [0.3, 0.4) is 0 Å². The first-order valence-corrected chi connectivity index (χ1v) is 5.68. The van der Waals surface area contributed by atoms with E-state index in [2.05, 4.69) is 32.8 Å². The summed E-state index contributed by atoms with van der Waals surface area (Å²) in [5.41, 5.74) is 1.93. The number of fused-ring (bicyclic) bond motifs is 1. The number of hydrogen-bond acceptors (Lipinski definition) is 1. The lowest BCUT2D eigenvalue weighted by Crippen LogP contribution is -2.03. The molecule has 0 saturated carbocycles. The summed E-state index contributed by atoms with van der Waals surface area (Å²) in [4.78, 5) is 0. The van der Waals surface area contributed by atoms with E-state index in [-0.39, 0.29) is 11.9 Å². The van der Waals surface area contributed by atoms with Gasteiger partial charge in [-0.3, -0.25) is 4.68 Å². The monoisotopic (exact) mass is 220 g/mol. The molecule has 2 nitrogen and oxygen atoms in total. The SMILES string of the molecule is CC(C)c1nn(C(C)C)c2cc(F)ccc12. The van der Waals surface area contributed by atoms with Crippen molar-refractivity contribution in [2.24, 2.45) is 0 Å². The topological polar surface area (TPSA) is 17.8 Å². The van der Waals surface area contributed by atoms with Gasteiger partial charge in [-0.25, -0.2) is 4.39 Å². The molecular formula is C13H17FN2. The summed E-state index contributed by atoms with van der Waals surface area (Å²) in [5.74, 6) is 0.151. The fourth-order valence-corrected chi connectivity index (χ4v) is 1.95. The van der Waals surface area contributed by atoms with Crippen molar-refractivity contribution in [2.45, 2.75) is 39.7 Å². The first-order valence-electron chi connectivity index (χ1n) is 5.68. The van der Waals surface area contributed by atoms with Gasteiger partial charge in [0.1, 0.15) is 5.82 Å². The molecule has 0 aliphatic heterocycles. The molecule has 1 aromatic carbocycles. The van der Waals surface area contributed by atoms with Gasteiger partial charge < -0.3 is 0 Å². The van der Waals surface area contributed by atoms with Crippen molar-refractivity contribution in [3.8, 4) is 0 Å². The smallest absolute Gasteiger partial charge is 0.125 e. The zero-order valence-electron chi connectivity index (χ0n) is 10.2. The molecule has 0 aliphatic carbocycles. The molecule has 3 heteroatoms. The minimum Gasteiger partial charge on any atom is -0.262 e. The van der Waals surface area contributed by atoms with Crippen molar-refractivity contribution in [3.05, 3.63) is 29.7 Å². The molecule has 2 rings (SSSR count). The van der Waals surface area contributed by atoms with Gasteiger partial charge in [0.25, 0.3) is 0 Å². The van der Waals surface area contributed by atoms with Crippen LogP contribution in [0, 0.1) is 5.82 Å². The van der Waals surface area contributed by atoms with Gasteiger partial charge in [-0.15, -0.1) is 0 Å². The Labute approximate surface area is 95.1 Å². The van der Waals surface area contributed by atoms with E-state index in [0.717, 1.165) is 16.6 Å². The lowest BCUT2D eigenvalue weighted by atomic mass is 10.1. The van der Waals surface area contributed by atoms with Crippen molar-refractivity contribution in [2.75, 3.05) is 0 Å². The molecule has 0 unspecified atom stereocenters. The molecule has 0 aliphatic rings. The first-order chi connectivity index (χ1) is 7.50. The lowest BCUT2D eigenvalue weighted by Gasteiger charge is -2.06. The van der Waals surface area contributed by atoms with E-state index in [1.165, 1.54) is 6.07 Å². The molecular weight excluding hydrogens is 203 g/mol. The minimum atomic E-state index is -0.204. The summed E-state index contributed by atoms with van der Waals surface area (Å²) in [6, 6.07) is 5.14. The predicted octanol–water partition coefficient (Wildman–Crippen LogP) is 3.88. The zero-order chi connectivity index (χ0) is 11.9. The van der Waals surface area contributed by atoms with Gasteiger partial charge >= 0.3 is 0 Å². The number of benzene rings is 1. The molecule has 16 heavy (non-hydrogen) atoms. The highest BCUT2D eigenvalue weighted by atomic mass is 19.1. The van der Waals surface area contributed by atoms with Crippen molar-refractivity contribution >= 4 is 10.9 Å². The van der Waals surface area contributed by atoms with Gasteiger partial charge in [-0.2, -0.15) is 5.10 Å². The Bertz CT molecular complexity index is 512. The van der Waals surface area contributed by atoms with E-state index >= 15 is 0 Å². The predicted molar refractivity (Wildman–Crippen MR) is 64.2 cm³/mol. The van der Waals surface area contributed by atoms with Crippen LogP contribution in [0.25, 0.3) is 10.9 Å². The maximum absolute atomic E-state index is 13.2. The number of nitrogens with zero attached hydrogens (tertiary/aromatic N) is 2. The zero-order valence-corrected chi connectivity index (χ0v) is 10.2. The highest BCUT2D eigenvalue weighted by molar-refractivity contribution is 5.82. The molecule has 2 aromatic rings. The summed E-state index contributed by atoms with van der Waals surface area (Å²) < 4.78 is 15.1. The Morgan fingerprint density at radius 1 is 1.19 bits per heavy atom. The summed E-state index contributed by atoms with van der Waals surface area (Å²) in [6.45, 7) is 8.33. The number of halogens is 1. The summed E-state index contributed by atoms with van der Waals surface area (Å²) in [7, 11) is 0. The molecule has 0 amide bonds. The number of rotatable bonds is 2. The molecule has 0 radical (unpaired) electrons. The summed E-state index contributed by atoms with van der Waals surface area (Å²) in [5, 5.41) is 5.64. The number of aromatic nitrogens is 2. The second-order valence-corrected chi connectivity index (χ2v) is 4.74. The third-order valence-electron chi connectivity index (χ3n) is 2.73. The molecule has 1 heterocycles. The van der Waals surface area contributed by atoms with Gasteiger partial charge in [-0.05, 0) is 38.0 Å². The Morgan fingerprint density at radius 2 is 1.88 bits per heavy atom. The van der Waals surface area contributed by atoms with Crippen molar-refractivity contribution in [1.29, 1.82) is 0 Å². The molecule has 0 atom stereocenters. The second kappa shape index (κ2) is 3.89. The lowest BCUT2D eigenvalue weighted by molar-refractivity contribution is 0.538. The van der Waals surface area contributed by atoms with E-state index in [9.17, 15) is 4.39 Å². The van der Waals surface area contributed by atoms with Crippen LogP contribution in [0.5, 0.6) is 0 Å². The largest absolute Gasteiger partial charge is 0.262 e. The molecule has 0 fully saturated rings. The van der Waals surface area contributed by atoms with Crippen molar-refractivity contribution < 1.29 is 4.39 Å². The van der Waals surface area contributed by atoms with Gasteiger partial charge in [0.15, 0.2) is 0 Å². The Hall–Kier alpha value is -1.38. The van der Waals surface area contributed by atoms with Crippen molar-refractivity contribution in [3.63, 3.8) is 0 Å². The molecule has 0 spiro atoms. The average molecular weight is 220 g/mol. The Kier molecular flexibility index (Phi) is 2.70. The minimum absolute atomic E-state index is 0.204. The Morgan fingerprint density at radius 3 is 2.44 bits per heavy atom. The summed E-state index contributed by atoms with van der Waals surface area (Å²) in [6.07, 6.45) is 0. The van der Waals surface area contributed by atoms with Crippen LogP contribution < -0.4 is 0 Å². The van der Waals surface area contributed by atoms with Gasteiger partial charge in [0.05, 0.1) is 11.2 Å². The first kappa shape index (κ1) is 11.1. The van der Waals surface area contributed by atoms with Crippen molar-refractivity contribution in [1.82, 2.24) is 9.78 Å². The maximum atomic E-state index is 13.2. The average Bonchev–Trinajstić information content (AvgIpc) is 2.56. The van der Waals surface area contributed by atoms with Crippen LogP contribution in [-0.4, -0.2) is 9.78 Å². The normalized spacial score (nSPS) is 11.9. The third-order valence-corrected chi connectivity index (χ3v) is 2.73. The van der Waals surface area contributed by atoms with Crippen LogP contribution in [0.2, 0.25) is 0 Å². The Balaban J connectivity index is 2.76. The molecule has 0 N–H and O–H groups in total. The standard InChI is InChI=1S/C13H17FN2/c1-8(2)13-11-6-5-10(14)7-12(11)16(15-13)9(3)4/h5-9H,1-4H3. The highest BCUT2D eigenvalue weighted by Crippen LogP contribution is 2.27. The van der Waals surface area contributed by atoms with E-state index in [4.69, 9.17) is 0 Å². The maximum Gasteiger partial charge on any atom is 0.125 e. The van der Waals surface area contributed by atoms with E-state index in [1.807, 2.05) is 10.7 Å². The highest BCUT2D eigenvalue weighted by Gasteiger charge is 2.15. The third kappa shape index (κ3) is 1.70. The molecule has 0 bridgehead atoms. The van der Waals surface area contributed by atoms with E-state index < -0.39 is 0 Å². The second-order valence-electron chi connectivity index (χ2n) is 4.74. The van der Waals surface area contributed by atoms with Crippen LogP contribution >= 0.6 is 0 Å². The van der Waals surface area contributed by atoms with Crippen LogP contribution in [-0.2, 0) is 0 Å². The molecule has 86 valence electrons. The fourth-order valence-electron chi connectivity index (χ4n) is 1.95. The van der Waals surface area contributed by atoms with Crippen LogP contribution in [0.1, 0.15) is 45.3 Å². The fraction of sp³-hybridized carbons (Fsp3) is 0.462. The number of hydrogen-bond donors (Lipinski definition) is 0.